The molecule has 0 saturated carbocycles. The summed E-state index contributed by atoms with van der Waals surface area (Å²) in [4.78, 5) is 24.3. The van der Waals surface area contributed by atoms with Gasteiger partial charge in [-0.25, -0.2) is 13.1 Å². The lowest BCUT2D eigenvalue weighted by Crippen LogP contribution is -2.17. The van der Waals surface area contributed by atoms with Crippen molar-refractivity contribution in [1.29, 1.82) is 0 Å². The maximum absolute atomic E-state index is 12.8. The van der Waals surface area contributed by atoms with Gasteiger partial charge in [0.05, 0.1) is 11.5 Å². The van der Waals surface area contributed by atoms with E-state index in [4.69, 9.17) is 9.47 Å². The van der Waals surface area contributed by atoms with E-state index < -0.39 is 21.8 Å². The zero-order chi connectivity index (χ0) is 24.2. The molecule has 2 N–H and O–H groups in total. The predicted molar refractivity (Wildman–Crippen MR) is 120 cm³/mol. The molecule has 174 valence electrons. The van der Waals surface area contributed by atoms with Crippen LogP contribution < -0.4 is 14.8 Å². The molecular formula is C22H23N3O7S. The number of sulfone groups is 1. The van der Waals surface area contributed by atoms with E-state index >= 15 is 0 Å². The van der Waals surface area contributed by atoms with Gasteiger partial charge in [-0.05, 0) is 43.3 Å². The third-order valence-corrected chi connectivity index (χ3v) is 5.51. The lowest BCUT2D eigenvalue weighted by Gasteiger charge is -2.15. The molecule has 3 rings (SSSR count). The molecule has 0 aliphatic rings. The Hall–Kier alpha value is -3.70. The second-order valence-electron chi connectivity index (χ2n) is 7.27. The molecule has 1 atom stereocenters. The summed E-state index contributed by atoms with van der Waals surface area (Å²) < 4.78 is 35.8. The SMILES string of the molecule is CC(=O)n1ccc(NC(=O)c2cc(Oc3ccc(S(C)(=O)=O)cc3)cc(OC(C)CO)c2)n1. The van der Waals surface area contributed by atoms with Crippen molar-refractivity contribution in [3.05, 3.63) is 60.3 Å². The van der Waals surface area contributed by atoms with Crippen molar-refractivity contribution in [2.45, 2.75) is 24.8 Å². The van der Waals surface area contributed by atoms with Gasteiger partial charge in [0.1, 0.15) is 23.4 Å². The van der Waals surface area contributed by atoms with Crippen molar-refractivity contribution in [1.82, 2.24) is 9.78 Å². The van der Waals surface area contributed by atoms with E-state index in [1.54, 1.807) is 6.92 Å². The van der Waals surface area contributed by atoms with Crippen LogP contribution in [0.15, 0.2) is 59.6 Å². The lowest BCUT2D eigenvalue weighted by molar-refractivity contribution is 0.0919. The summed E-state index contributed by atoms with van der Waals surface area (Å²) in [5.74, 6) is 0.237. The van der Waals surface area contributed by atoms with E-state index in [1.807, 2.05) is 0 Å². The van der Waals surface area contributed by atoms with Crippen LogP contribution in [0.3, 0.4) is 0 Å². The summed E-state index contributed by atoms with van der Waals surface area (Å²) in [5, 5.41) is 15.9. The van der Waals surface area contributed by atoms with Crippen LogP contribution in [0.5, 0.6) is 17.2 Å². The molecule has 0 radical (unpaired) electrons. The lowest BCUT2D eigenvalue weighted by atomic mass is 10.2. The van der Waals surface area contributed by atoms with Gasteiger partial charge in [0.2, 0.25) is 5.91 Å². The molecule has 10 nitrogen and oxygen atoms in total. The Balaban J connectivity index is 1.87. The fourth-order valence-electron chi connectivity index (χ4n) is 2.74. The van der Waals surface area contributed by atoms with Crippen LogP contribution in [-0.2, 0) is 9.84 Å². The van der Waals surface area contributed by atoms with E-state index in [2.05, 4.69) is 10.4 Å². The Bertz CT molecular complexity index is 1270. The van der Waals surface area contributed by atoms with E-state index in [0.717, 1.165) is 10.9 Å². The zero-order valence-electron chi connectivity index (χ0n) is 18.2. The molecule has 1 unspecified atom stereocenters. The zero-order valence-corrected chi connectivity index (χ0v) is 19.0. The van der Waals surface area contributed by atoms with Crippen molar-refractivity contribution in [3.8, 4) is 17.2 Å². The fourth-order valence-corrected chi connectivity index (χ4v) is 3.38. The number of ether oxygens (including phenoxy) is 2. The number of carbonyl (C=O) groups is 2. The fraction of sp³-hybridized carbons (Fsp3) is 0.227. The summed E-state index contributed by atoms with van der Waals surface area (Å²) in [6.07, 6.45) is 2.00. The van der Waals surface area contributed by atoms with Gasteiger partial charge >= 0.3 is 0 Å². The molecule has 1 heterocycles. The third kappa shape index (κ3) is 6.40. The minimum absolute atomic E-state index is 0.147. The Labute approximate surface area is 190 Å². The number of rotatable bonds is 8. The maximum atomic E-state index is 12.8. The number of carbonyl (C=O) groups excluding carboxylic acids is 2. The van der Waals surface area contributed by atoms with Crippen molar-refractivity contribution in [2.24, 2.45) is 0 Å². The summed E-state index contributed by atoms with van der Waals surface area (Å²) in [7, 11) is -3.35. The molecule has 33 heavy (non-hydrogen) atoms. The standard InChI is InChI=1S/C22H23N3O7S/c1-14(13-26)31-18-10-16(22(28)23-21-8-9-25(24-21)15(2)27)11-19(12-18)32-17-4-6-20(7-5-17)33(3,29)30/h4-12,14,26H,13H2,1-3H3,(H,23,24,28). The highest BCUT2D eigenvalue weighted by atomic mass is 32.2. The molecule has 1 amide bonds. The maximum Gasteiger partial charge on any atom is 0.257 e. The molecule has 0 saturated heterocycles. The number of nitrogens with zero attached hydrogens (tertiary/aromatic N) is 2. The minimum Gasteiger partial charge on any atom is -0.488 e. The van der Waals surface area contributed by atoms with Crippen molar-refractivity contribution in [2.75, 3.05) is 18.2 Å². The molecule has 0 fully saturated rings. The topological polar surface area (TPSA) is 137 Å². The Morgan fingerprint density at radius 3 is 2.33 bits per heavy atom. The highest BCUT2D eigenvalue weighted by Crippen LogP contribution is 2.29. The van der Waals surface area contributed by atoms with E-state index in [-0.39, 0.29) is 40.3 Å². The van der Waals surface area contributed by atoms with Crippen molar-refractivity contribution < 1.29 is 32.6 Å². The van der Waals surface area contributed by atoms with Crippen LogP contribution in [0.2, 0.25) is 0 Å². The van der Waals surface area contributed by atoms with Gasteiger partial charge in [-0.2, -0.15) is 0 Å². The molecule has 0 bridgehead atoms. The van der Waals surface area contributed by atoms with Crippen LogP contribution in [0.25, 0.3) is 0 Å². The van der Waals surface area contributed by atoms with Gasteiger partial charge < -0.3 is 19.9 Å². The number of nitrogens with one attached hydrogen (secondary N) is 1. The predicted octanol–water partition coefficient (Wildman–Crippen LogP) is 2.75. The first-order chi connectivity index (χ1) is 15.5. The quantitative estimate of drug-likeness (QED) is 0.510. The largest absolute Gasteiger partial charge is 0.488 e. The highest BCUT2D eigenvalue weighted by molar-refractivity contribution is 7.90. The number of anilines is 1. The molecule has 3 aromatic rings. The van der Waals surface area contributed by atoms with E-state index in [1.165, 1.54) is 61.7 Å². The second-order valence-corrected chi connectivity index (χ2v) is 9.28. The van der Waals surface area contributed by atoms with Gasteiger partial charge in [-0.15, -0.1) is 5.10 Å². The van der Waals surface area contributed by atoms with Crippen molar-refractivity contribution >= 4 is 27.5 Å². The van der Waals surface area contributed by atoms with Crippen LogP contribution >= 0.6 is 0 Å². The number of hydrogen-bond acceptors (Lipinski definition) is 8. The number of hydrogen-bond donors (Lipinski definition) is 2. The highest BCUT2D eigenvalue weighted by Gasteiger charge is 2.15. The number of aliphatic hydroxyl groups excluding tert-OH is 1. The molecule has 2 aromatic carbocycles. The summed E-state index contributed by atoms with van der Waals surface area (Å²) >= 11 is 0. The molecular weight excluding hydrogens is 450 g/mol. The number of amides is 1. The third-order valence-electron chi connectivity index (χ3n) is 4.38. The molecule has 0 aliphatic carbocycles. The average molecular weight is 474 g/mol. The van der Waals surface area contributed by atoms with Gasteiger partial charge in [0, 0.05) is 37.1 Å². The molecule has 1 aromatic heterocycles. The first-order valence-corrected chi connectivity index (χ1v) is 11.7. The van der Waals surface area contributed by atoms with Crippen LogP contribution in [0.4, 0.5) is 5.82 Å². The normalized spacial score (nSPS) is 12.1. The second kappa shape index (κ2) is 9.84. The van der Waals surface area contributed by atoms with Gasteiger partial charge in [0.15, 0.2) is 15.7 Å². The van der Waals surface area contributed by atoms with Gasteiger partial charge in [-0.1, -0.05) is 0 Å². The molecule has 11 heteroatoms. The van der Waals surface area contributed by atoms with Crippen LogP contribution in [0.1, 0.15) is 29.0 Å². The van der Waals surface area contributed by atoms with E-state index in [0.29, 0.717) is 5.75 Å². The summed E-state index contributed by atoms with van der Waals surface area (Å²) in [5.41, 5.74) is 0.178. The molecule has 0 aliphatic heterocycles. The van der Waals surface area contributed by atoms with Crippen LogP contribution in [-0.4, -0.2) is 54.1 Å². The number of benzene rings is 2. The first kappa shape index (κ1) is 24.0. The Morgan fingerprint density at radius 1 is 1.09 bits per heavy atom. The number of aliphatic hydroxyl groups is 1. The summed E-state index contributed by atoms with van der Waals surface area (Å²) in [6, 6.07) is 11.8. The Morgan fingerprint density at radius 2 is 1.76 bits per heavy atom. The smallest absolute Gasteiger partial charge is 0.257 e. The van der Waals surface area contributed by atoms with Crippen LogP contribution in [0, 0.1) is 0 Å². The van der Waals surface area contributed by atoms with Crippen molar-refractivity contribution in [3.63, 3.8) is 0 Å². The summed E-state index contributed by atoms with van der Waals surface area (Å²) in [6.45, 7) is 2.77. The molecule has 0 spiro atoms. The van der Waals surface area contributed by atoms with E-state index in [9.17, 15) is 23.1 Å². The monoisotopic (exact) mass is 473 g/mol. The Kier molecular flexibility index (Phi) is 7.14. The average Bonchev–Trinajstić information content (AvgIpc) is 3.22. The van der Waals surface area contributed by atoms with Gasteiger partial charge in [-0.3, -0.25) is 9.59 Å². The minimum atomic E-state index is -3.35. The van der Waals surface area contributed by atoms with Gasteiger partial charge in [0.25, 0.3) is 5.91 Å². The first-order valence-electron chi connectivity index (χ1n) is 9.83. The number of aromatic nitrogens is 2.